The van der Waals surface area contributed by atoms with Crippen LogP contribution in [0.1, 0.15) is 0 Å². The molecular formula is C8H12O12Sb2-2. The number of aliphatic hydroxyl groups is 4. The summed E-state index contributed by atoms with van der Waals surface area (Å²) in [5, 5.41) is 68.3. The number of hydrogen-bond donors (Lipinski definition) is 6. The van der Waals surface area contributed by atoms with E-state index in [1.54, 1.807) is 0 Å². The molecule has 0 fully saturated rings. The van der Waals surface area contributed by atoms with Crippen molar-refractivity contribution in [2.24, 2.45) is 0 Å². The SMILES string of the molecule is O=C([O-])C(O)C(O)C(=O)O.O=C([O-])C(O)C(O)C(=O)O.[SbH].[SbH]. The molecule has 6 N–H and O–H groups in total. The van der Waals surface area contributed by atoms with Gasteiger partial charge in [0.2, 0.25) is 0 Å². The molecule has 0 aromatic rings. The number of rotatable bonds is 6. The fourth-order valence-electron chi connectivity index (χ4n) is 0.528. The van der Waals surface area contributed by atoms with Crippen molar-refractivity contribution < 1.29 is 60.0 Å². The second kappa shape index (κ2) is 14.0. The predicted molar refractivity (Wildman–Crippen MR) is 63.6 cm³/mol. The number of carboxylic acids is 4. The first-order valence-electron chi connectivity index (χ1n) is 4.53. The molecule has 0 heterocycles. The van der Waals surface area contributed by atoms with Crippen molar-refractivity contribution in [1.29, 1.82) is 0 Å². The third-order valence-corrected chi connectivity index (χ3v) is 1.59. The topological polar surface area (TPSA) is 236 Å². The van der Waals surface area contributed by atoms with E-state index in [0.717, 1.165) is 0 Å². The molecule has 0 saturated heterocycles. The molecule has 0 amide bonds. The molecule has 0 aromatic heterocycles. The number of aliphatic hydroxyl groups excluding tert-OH is 4. The molecule has 0 spiro atoms. The van der Waals surface area contributed by atoms with Crippen LogP contribution in [-0.2, 0) is 19.2 Å². The van der Waals surface area contributed by atoms with Gasteiger partial charge in [0.1, 0.15) is 12.2 Å². The summed E-state index contributed by atoms with van der Waals surface area (Å²) in [5.74, 6) is -7.65. The van der Waals surface area contributed by atoms with E-state index >= 15 is 0 Å². The van der Waals surface area contributed by atoms with Gasteiger partial charge in [-0.3, -0.25) is 0 Å². The summed E-state index contributed by atoms with van der Waals surface area (Å²) >= 11 is 0. The predicted octanol–water partition coefficient (Wildman–Crippen LogP) is -8.21. The van der Waals surface area contributed by atoms with Crippen molar-refractivity contribution >= 4 is 72.7 Å². The maximum atomic E-state index is 9.74. The summed E-state index contributed by atoms with van der Waals surface area (Å²) in [5.41, 5.74) is 0. The van der Waals surface area contributed by atoms with Crippen molar-refractivity contribution in [2.45, 2.75) is 24.4 Å². The Bertz CT molecular complexity index is 313. The van der Waals surface area contributed by atoms with Gasteiger partial charge in [-0.2, -0.15) is 0 Å². The van der Waals surface area contributed by atoms with Crippen molar-refractivity contribution in [3.63, 3.8) is 0 Å². The maximum absolute atomic E-state index is 9.74. The van der Waals surface area contributed by atoms with Gasteiger partial charge in [0, 0.05) is 0 Å². The molecule has 0 aliphatic heterocycles. The summed E-state index contributed by atoms with van der Waals surface area (Å²) in [6, 6.07) is 0. The molecule has 12 nitrogen and oxygen atoms in total. The fraction of sp³-hybridized carbons (Fsp3) is 0.500. The summed E-state index contributed by atoms with van der Waals surface area (Å²) in [4.78, 5) is 38.8. The molecule has 14 heteroatoms. The van der Waals surface area contributed by atoms with E-state index in [-0.39, 0.29) is 48.9 Å². The van der Waals surface area contributed by atoms with E-state index in [0.29, 0.717) is 0 Å². The van der Waals surface area contributed by atoms with Crippen LogP contribution in [0.3, 0.4) is 0 Å². The van der Waals surface area contributed by atoms with Crippen LogP contribution >= 0.6 is 0 Å². The zero-order valence-corrected chi connectivity index (χ0v) is 16.2. The molecule has 0 aliphatic rings. The average Bonchev–Trinajstić information content (AvgIpc) is 2.35. The number of carboxylic acid groups (broad SMARTS) is 4. The van der Waals surface area contributed by atoms with E-state index < -0.39 is 48.3 Å². The average molecular weight is 544 g/mol. The van der Waals surface area contributed by atoms with Gasteiger partial charge in [-0.1, -0.05) is 0 Å². The second-order valence-electron chi connectivity index (χ2n) is 3.09. The number of hydrogen-bond acceptors (Lipinski definition) is 10. The first-order chi connectivity index (χ1) is 8.93. The van der Waals surface area contributed by atoms with Crippen LogP contribution in [0.4, 0.5) is 0 Å². The first-order valence-corrected chi connectivity index (χ1v) is 4.53. The fourth-order valence-corrected chi connectivity index (χ4v) is 0.528. The van der Waals surface area contributed by atoms with Crippen LogP contribution in [0.5, 0.6) is 0 Å². The van der Waals surface area contributed by atoms with Gasteiger partial charge in [0.25, 0.3) is 0 Å². The Morgan fingerprint density at radius 3 is 0.818 bits per heavy atom. The quantitative estimate of drug-likeness (QED) is 0.171. The molecule has 0 bridgehead atoms. The second-order valence-corrected chi connectivity index (χ2v) is 3.09. The molecule has 4 radical (unpaired) electrons. The van der Waals surface area contributed by atoms with Gasteiger partial charge in [0.05, 0.1) is 11.9 Å². The standard InChI is InChI=1S/2C4H6O6.2Sb.2H/c2*5-1(3(7)8)2(6)4(9)10;;;;/h2*1-2,5-6H,(H,7,8)(H,9,10);;;;/p-2. The van der Waals surface area contributed by atoms with Crippen molar-refractivity contribution in [3.8, 4) is 0 Å². The summed E-state index contributed by atoms with van der Waals surface area (Å²) in [6.07, 6.45) is -9.41. The number of aliphatic carboxylic acids is 4. The van der Waals surface area contributed by atoms with E-state index in [2.05, 4.69) is 0 Å². The van der Waals surface area contributed by atoms with Crippen LogP contribution in [-0.4, -0.2) is 128 Å². The van der Waals surface area contributed by atoms with Gasteiger partial charge >= 0.3 is 60.8 Å². The Balaban J connectivity index is -0.000000135. The summed E-state index contributed by atoms with van der Waals surface area (Å²) in [6.45, 7) is 0. The minimum atomic E-state index is -2.38. The molecule has 0 aromatic carbocycles. The normalized spacial score (nSPS) is 14.4. The zero-order chi connectivity index (χ0) is 16.6. The van der Waals surface area contributed by atoms with E-state index in [4.69, 9.17) is 30.6 Å². The summed E-state index contributed by atoms with van der Waals surface area (Å²) in [7, 11) is 0. The zero-order valence-electron chi connectivity index (χ0n) is 10.4. The Labute approximate surface area is 156 Å². The van der Waals surface area contributed by atoms with Gasteiger partial charge in [-0.05, 0) is 0 Å². The Hall–Kier alpha value is -0.644. The van der Waals surface area contributed by atoms with Crippen LogP contribution in [0, 0.1) is 0 Å². The van der Waals surface area contributed by atoms with E-state index in [9.17, 15) is 29.4 Å². The molecule has 22 heavy (non-hydrogen) atoms. The van der Waals surface area contributed by atoms with E-state index in [1.165, 1.54) is 0 Å². The van der Waals surface area contributed by atoms with Crippen LogP contribution in [0.15, 0.2) is 0 Å². The molecular weight excluding hydrogens is 532 g/mol. The van der Waals surface area contributed by atoms with Crippen LogP contribution < -0.4 is 10.2 Å². The summed E-state index contributed by atoms with van der Waals surface area (Å²) < 4.78 is 0. The molecule has 0 rings (SSSR count). The van der Waals surface area contributed by atoms with Gasteiger partial charge in [-0.15, -0.1) is 0 Å². The number of carbonyl (C=O) groups is 4. The van der Waals surface area contributed by atoms with Crippen molar-refractivity contribution in [2.75, 3.05) is 0 Å². The van der Waals surface area contributed by atoms with Crippen molar-refractivity contribution in [1.82, 2.24) is 0 Å². The minimum absolute atomic E-state index is 0. The van der Waals surface area contributed by atoms with Gasteiger partial charge < -0.3 is 50.4 Å². The molecule has 0 aliphatic carbocycles. The molecule has 4 atom stereocenters. The van der Waals surface area contributed by atoms with E-state index in [1.807, 2.05) is 0 Å². The third-order valence-electron chi connectivity index (χ3n) is 1.59. The Morgan fingerprint density at radius 2 is 0.773 bits per heavy atom. The Kier molecular flexibility index (Phi) is 18.7. The monoisotopic (exact) mass is 542 g/mol. The van der Waals surface area contributed by atoms with Crippen molar-refractivity contribution in [3.05, 3.63) is 0 Å². The third kappa shape index (κ3) is 12.0. The van der Waals surface area contributed by atoms with Gasteiger partial charge in [-0.25, -0.2) is 9.59 Å². The van der Waals surface area contributed by atoms with Gasteiger partial charge in [0.15, 0.2) is 12.2 Å². The van der Waals surface area contributed by atoms with Crippen LogP contribution in [0.2, 0.25) is 0 Å². The molecule has 0 saturated carbocycles. The first kappa shape index (κ1) is 29.4. The Morgan fingerprint density at radius 1 is 0.591 bits per heavy atom. The molecule has 4 unspecified atom stereocenters. The number of carbonyl (C=O) groups excluding carboxylic acids is 2. The van der Waals surface area contributed by atoms with Crippen LogP contribution in [0.25, 0.3) is 0 Å². The molecule has 128 valence electrons.